The third-order valence-corrected chi connectivity index (χ3v) is 5.20. The number of esters is 1. The predicted molar refractivity (Wildman–Crippen MR) is 119 cm³/mol. The van der Waals surface area contributed by atoms with Crippen molar-refractivity contribution in [2.75, 3.05) is 6.79 Å². The third kappa shape index (κ3) is 4.92. The monoisotopic (exact) mass is 545 g/mol. The first-order valence-electron chi connectivity index (χ1n) is 8.85. The van der Waals surface area contributed by atoms with E-state index in [4.69, 9.17) is 14.2 Å². The Labute approximate surface area is 193 Å². The first-order chi connectivity index (χ1) is 15.0. The van der Waals surface area contributed by atoms with Crippen molar-refractivity contribution in [3.63, 3.8) is 0 Å². The first-order valence-corrected chi connectivity index (χ1v) is 10.4. The van der Waals surface area contributed by atoms with Crippen LogP contribution in [0.25, 0.3) is 0 Å². The van der Waals surface area contributed by atoms with Gasteiger partial charge in [-0.25, -0.2) is 10.2 Å². The maximum Gasteiger partial charge on any atom is 0.343 e. The van der Waals surface area contributed by atoms with Crippen LogP contribution in [0.15, 0.2) is 68.9 Å². The number of carbonyl (C=O) groups is 2. The number of rotatable bonds is 5. The van der Waals surface area contributed by atoms with Crippen molar-refractivity contribution in [2.24, 2.45) is 5.10 Å². The van der Waals surface area contributed by atoms with Crippen molar-refractivity contribution in [3.05, 3.63) is 80.5 Å². The third-order valence-electron chi connectivity index (χ3n) is 4.15. The van der Waals surface area contributed by atoms with Gasteiger partial charge in [0, 0.05) is 28.0 Å². The Morgan fingerprint density at radius 1 is 1.03 bits per heavy atom. The molecule has 0 saturated carbocycles. The summed E-state index contributed by atoms with van der Waals surface area (Å²) < 4.78 is 17.4. The SMILES string of the molecule is O=C(N/N=C/c1cc(Br)cc(Br)c1OC(=O)c1ccc2c(c1)OCO2)c1ccncc1. The second kappa shape index (κ2) is 9.27. The average molecular weight is 547 g/mol. The molecule has 2 aromatic carbocycles. The number of benzene rings is 2. The molecular formula is C21H13Br2N3O5. The van der Waals surface area contributed by atoms with Crippen molar-refractivity contribution in [1.82, 2.24) is 10.4 Å². The van der Waals surface area contributed by atoms with E-state index >= 15 is 0 Å². The number of aromatic nitrogens is 1. The second-order valence-corrected chi connectivity index (χ2v) is 7.97. The van der Waals surface area contributed by atoms with Crippen LogP contribution in [-0.2, 0) is 0 Å². The fourth-order valence-electron chi connectivity index (χ4n) is 2.69. The molecule has 0 unspecified atom stereocenters. The van der Waals surface area contributed by atoms with Crippen molar-refractivity contribution < 1.29 is 23.8 Å². The number of carbonyl (C=O) groups excluding carboxylic acids is 2. The van der Waals surface area contributed by atoms with Crippen molar-refractivity contribution >= 4 is 50.0 Å². The molecule has 1 amide bonds. The zero-order chi connectivity index (χ0) is 21.8. The molecule has 1 aliphatic heterocycles. The highest BCUT2D eigenvalue weighted by Gasteiger charge is 2.19. The van der Waals surface area contributed by atoms with Gasteiger partial charge in [0.25, 0.3) is 5.91 Å². The zero-order valence-corrected chi connectivity index (χ0v) is 18.8. The summed E-state index contributed by atoms with van der Waals surface area (Å²) in [6.45, 7) is 0.109. The number of hydrogen-bond donors (Lipinski definition) is 1. The summed E-state index contributed by atoms with van der Waals surface area (Å²) in [7, 11) is 0. The molecule has 8 nitrogen and oxygen atoms in total. The Morgan fingerprint density at radius 3 is 2.61 bits per heavy atom. The number of nitrogens with zero attached hydrogens (tertiary/aromatic N) is 2. The van der Waals surface area contributed by atoms with Crippen LogP contribution >= 0.6 is 31.9 Å². The van der Waals surface area contributed by atoms with E-state index < -0.39 is 11.9 Å². The highest BCUT2D eigenvalue weighted by molar-refractivity contribution is 9.11. The van der Waals surface area contributed by atoms with E-state index in [0.29, 0.717) is 32.7 Å². The standard InChI is InChI=1S/C21H13Br2N3O5/c22-15-7-14(10-25-26-20(27)12-3-5-24-6-4-12)19(16(23)9-15)31-21(28)13-1-2-17-18(8-13)30-11-29-17/h1-10H,11H2,(H,26,27)/b25-10+. The molecule has 10 heteroatoms. The Bertz CT molecular complexity index is 1190. The van der Waals surface area contributed by atoms with Crippen LogP contribution in [0.4, 0.5) is 0 Å². The van der Waals surface area contributed by atoms with E-state index in [0.717, 1.165) is 4.47 Å². The summed E-state index contributed by atoms with van der Waals surface area (Å²) in [6, 6.07) is 11.4. The number of hydrazone groups is 1. The molecule has 1 N–H and O–H groups in total. The number of nitrogens with one attached hydrogen (secondary N) is 1. The molecule has 156 valence electrons. The van der Waals surface area contributed by atoms with E-state index in [2.05, 4.69) is 47.4 Å². The van der Waals surface area contributed by atoms with Gasteiger partial charge in [-0.05, 0) is 58.4 Å². The van der Waals surface area contributed by atoms with Crippen LogP contribution in [0.2, 0.25) is 0 Å². The van der Waals surface area contributed by atoms with E-state index in [1.165, 1.54) is 18.6 Å². The normalized spacial score (nSPS) is 12.1. The van der Waals surface area contributed by atoms with Crippen LogP contribution in [-0.4, -0.2) is 29.9 Å². The van der Waals surface area contributed by atoms with Crippen LogP contribution in [0.3, 0.4) is 0 Å². The molecule has 0 atom stereocenters. The molecule has 0 radical (unpaired) electrons. The molecule has 2 heterocycles. The Balaban J connectivity index is 1.54. The van der Waals surface area contributed by atoms with E-state index in [1.54, 1.807) is 42.5 Å². The zero-order valence-electron chi connectivity index (χ0n) is 15.7. The molecule has 3 aromatic rings. The van der Waals surface area contributed by atoms with Gasteiger partial charge < -0.3 is 14.2 Å². The van der Waals surface area contributed by atoms with Gasteiger partial charge in [0.05, 0.1) is 16.3 Å². The van der Waals surface area contributed by atoms with Gasteiger partial charge in [0.1, 0.15) is 0 Å². The van der Waals surface area contributed by atoms with Crippen molar-refractivity contribution in [2.45, 2.75) is 0 Å². The maximum atomic E-state index is 12.7. The number of fused-ring (bicyclic) bond motifs is 1. The van der Waals surface area contributed by atoms with Gasteiger partial charge in [-0.15, -0.1) is 0 Å². The summed E-state index contributed by atoms with van der Waals surface area (Å²) in [5.41, 5.74) is 3.60. The largest absolute Gasteiger partial charge is 0.454 e. The summed E-state index contributed by atoms with van der Waals surface area (Å²) in [6.07, 6.45) is 4.41. The van der Waals surface area contributed by atoms with Gasteiger partial charge in [-0.3, -0.25) is 9.78 Å². The molecule has 0 spiro atoms. The van der Waals surface area contributed by atoms with Gasteiger partial charge >= 0.3 is 5.97 Å². The first kappa shape index (κ1) is 21.0. The highest BCUT2D eigenvalue weighted by atomic mass is 79.9. The molecule has 0 fully saturated rings. The number of halogens is 2. The van der Waals surface area contributed by atoms with E-state index in [1.807, 2.05) is 0 Å². The molecule has 1 aromatic heterocycles. The predicted octanol–water partition coefficient (Wildman–Crippen LogP) is 4.32. The van der Waals surface area contributed by atoms with E-state index in [9.17, 15) is 9.59 Å². The summed E-state index contributed by atoms with van der Waals surface area (Å²) >= 11 is 6.79. The molecule has 0 aliphatic carbocycles. The molecule has 4 rings (SSSR count). The summed E-state index contributed by atoms with van der Waals surface area (Å²) in [5, 5.41) is 3.97. The fourth-order valence-corrected chi connectivity index (χ4v) is 4.03. The lowest BCUT2D eigenvalue weighted by Gasteiger charge is -2.11. The van der Waals surface area contributed by atoms with Crippen LogP contribution in [0, 0.1) is 0 Å². The minimum atomic E-state index is -0.586. The Kier molecular flexibility index (Phi) is 6.28. The molecule has 0 bridgehead atoms. The van der Waals surface area contributed by atoms with Crippen LogP contribution < -0.4 is 19.6 Å². The lowest BCUT2D eigenvalue weighted by atomic mass is 10.2. The van der Waals surface area contributed by atoms with Gasteiger partial charge in [-0.2, -0.15) is 5.10 Å². The van der Waals surface area contributed by atoms with Crippen molar-refractivity contribution in [3.8, 4) is 17.2 Å². The second-order valence-electron chi connectivity index (χ2n) is 6.20. The molecule has 1 aliphatic rings. The topological polar surface area (TPSA) is 99.1 Å². The highest BCUT2D eigenvalue weighted by Crippen LogP contribution is 2.35. The maximum absolute atomic E-state index is 12.7. The quantitative estimate of drug-likeness (QED) is 0.221. The number of pyridine rings is 1. The molecule has 0 saturated heterocycles. The van der Waals surface area contributed by atoms with Crippen LogP contribution in [0.5, 0.6) is 17.2 Å². The lowest BCUT2D eigenvalue weighted by molar-refractivity contribution is 0.0732. The summed E-state index contributed by atoms with van der Waals surface area (Å²) in [4.78, 5) is 28.7. The number of hydrogen-bond acceptors (Lipinski definition) is 7. The fraction of sp³-hybridized carbons (Fsp3) is 0.0476. The van der Waals surface area contributed by atoms with Crippen molar-refractivity contribution in [1.29, 1.82) is 0 Å². The van der Waals surface area contributed by atoms with Gasteiger partial charge in [0.2, 0.25) is 6.79 Å². The number of amides is 1. The number of ether oxygens (including phenoxy) is 3. The van der Waals surface area contributed by atoms with Gasteiger partial charge in [-0.1, -0.05) is 15.9 Å². The minimum Gasteiger partial charge on any atom is -0.454 e. The lowest BCUT2D eigenvalue weighted by Crippen LogP contribution is -2.17. The minimum absolute atomic E-state index is 0.109. The smallest absolute Gasteiger partial charge is 0.343 e. The average Bonchev–Trinajstić information content (AvgIpc) is 3.24. The Morgan fingerprint density at radius 2 is 1.81 bits per heavy atom. The van der Waals surface area contributed by atoms with Crippen LogP contribution in [0.1, 0.15) is 26.3 Å². The Hall–Kier alpha value is -3.24. The summed E-state index contributed by atoms with van der Waals surface area (Å²) in [5.74, 6) is 0.306. The molecular weight excluding hydrogens is 534 g/mol. The molecule has 31 heavy (non-hydrogen) atoms. The van der Waals surface area contributed by atoms with Gasteiger partial charge in [0.15, 0.2) is 17.2 Å². The van der Waals surface area contributed by atoms with E-state index in [-0.39, 0.29) is 12.5 Å².